The number of hydrogen-bond acceptors (Lipinski definition) is 2. The molecule has 0 amide bonds. The van der Waals surface area contributed by atoms with Crippen molar-refractivity contribution in [2.75, 3.05) is 5.32 Å². The van der Waals surface area contributed by atoms with E-state index in [1.165, 1.54) is 18.2 Å². The van der Waals surface area contributed by atoms with Crippen molar-refractivity contribution < 1.29 is 14.3 Å². The second-order valence-corrected chi connectivity index (χ2v) is 5.30. The third kappa shape index (κ3) is 3.36. The number of rotatable bonds is 4. The zero-order valence-electron chi connectivity index (χ0n) is 10.7. The van der Waals surface area contributed by atoms with Crippen LogP contribution in [0.2, 0.25) is 0 Å². The van der Waals surface area contributed by atoms with Crippen molar-refractivity contribution in [3.63, 3.8) is 0 Å². The van der Waals surface area contributed by atoms with Gasteiger partial charge in [-0.3, -0.25) is 0 Å². The SMILES string of the molecule is Cc1ccc(NC(C(=O)O)c2ccc(F)cc2Br)cc1. The van der Waals surface area contributed by atoms with E-state index in [2.05, 4.69) is 21.2 Å². The number of aliphatic carboxylic acids is 1. The van der Waals surface area contributed by atoms with Crippen molar-refractivity contribution in [2.45, 2.75) is 13.0 Å². The minimum Gasteiger partial charge on any atom is -0.479 e. The largest absolute Gasteiger partial charge is 0.479 e. The first kappa shape index (κ1) is 14.5. The van der Waals surface area contributed by atoms with Crippen LogP contribution in [-0.2, 0) is 4.79 Å². The molecule has 5 heteroatoms. The Balaban J connectivity index is 2.31. The maximum absolute atomic E-state index is 13.1. The first-order chi connectivity index (χ1) is 9.47. The lowest BCUT2D eigenvalue weighted by Gasteiger charge is -2.17. The van der Waals surface area contributed by atoms with Crippen LogP contribution >= 0.6 is 15.9 Å². The summed E-state index contributed by atoms with van der Waals surface area (Å²) in [7, 11) is 0. The Labute approximate surface area is 124 Å². The Bertz CT molecular complexity index is 628. The van der Waals surface area contributed by atoms with E-state index < -0.39 is 17.8 Å². The molecule has 0 aromatic heterocycles. The van der Waals surface area contributed by atoms with Crippen molar-refractivity contribution in [3.05, 3.63) is 63.9 Å². The maximum Gasteiger partial charge on any atom is 0.330 e. The van der Waals surface area contributed by atoms with Crippen molar-refractivity contribution in [1.82, 2.24) is 0 Å². The summed E-state index contributed by atoms with van der Waals surface area (Å²) in [5, 5.41) is 12.3. The van der Waals surface area contributed by atoms with Crippen LogP contribution in [0.1, 0.15) is 17.2 Å². The minimum atomic E-state index is -1.03. The van der Waals surface area contributed by atoms with E-state index in [0.29, 0.717) is 15.7 Å². The van der Waals surface area contributed by atoms with Crippen LogP contribution in [-0.4, -0.2) is 11.1 Å². The van der Waals surface area contributed by atoms with E-state index in [1.807, 2.05) is 31.2 Å². The summed E-state index contributed by atoms with van der Waals surface area (Å²) in [6.07, 6.45) is 0. The van der Waals surface area contributed by atoms with Crippen molar-refractivity contribution >= 4 is 27.6 Å². The summed E-state index contributed by atoms with van der Waals surface area (Å²) >= 11 is 3.20. The summed E-state index contributed by atoms with van der Waals surface area (Å²) in [5.41, 5.74) is 2.25. The van der Waals surface area contributed by atoms with Crippen molar-refractivity contribution in [2.24, 2.45) is 0 Å². The molecule has 2 aromatic carbocycles. The summed E-state index contributed by atoms with van der Waals surface area (Å²) in [5.74, 6) is -1.45. The fourth-order valence-corrected chi connectivity index (χ4v) is 2.40. The Hall–Kier alpha value is -1.88. The van der Waals surface area contributed by atoms with Gasteiger partial charge in [0.2, 0.25) is 0 Å². The van der Waals surface area contributed by atoms with Gasteiger partial charge in [0.05, 0.1) is 0 Å². The fourth-order valence-electron chi connectivity index (χ4n) is 1.82. The number of nitrogens with one attached hydrogen (secondary N) is 1. The zero-order valence-corrected chi connectivity index (χ0v) is 12.3. The molecule has 104 valence electrons. The second kappa shape index (κ2) is 6.05. The molecule has 0 spiro atoms. The molecular formula is C15H13BrFNO2. The second-order valence-electron chi connectivity index (χ2n) is 4.45. The molecule has 0 heterocycles. The van der Waals surface area contributed by atoms with E-state index in [9.17, 15) is 14.3 Å². The molecular weight excluding hydrogens is 325 g/mol. The lowest BCUT2D eigenvalue weighted by Crippen LogP contribution is -2.21. The molecule has 0 saturated heterocycles. The molecule has 1 atom stereocenters. The summed E-state index contributed by atoms with van der Waals surface area (Å²) in [4.78, 5) is 11.4. The molecule has 2 rings (SSSR count). The van der Waals surface area contributed by atoms with Gasteiger partial charge in [-0.1, -0.05) is 39.7 Å². The van der Waals surface area contributed by atoms with Crippen molar-refractivity contribution in [1.29, 1.82) is 0 Å². The summed E-state index contributed by atoms with van der Waals surface area (Å²) in [6.45, 7) is 1.95. The number of halogens is 2. The van der Waals surface area contributed by atoms with Crippen LogP contribution in [0.15, 0.2) is 46.9 Å². The van der Waals surface area contributed by atoms with E-state index in [4.69, 9.17) is 0 Å². The number of carbonyl (C=O) groups is 1. The highest BCUT2D eigenvalue weighted by Crippen LogP contribution is 2.27. The molecule has 0 aliphatic rings. The van der Waals surface area contributed by atoms with Gasteiger partial charge in [0, 0.05) is 10.2 Å². The van der Waals surface area contributed by atoms with Crippen molar-refractivity contribution in [3.8, 4) is 0 Å². The third-order valence-electron chi connectivity index (χ3n) is 2.88. The molecule has 2 aromatic rings. The van der Waals surface area contributed by atoms with Crippen LogP contribution in [0.5, 0.6) is 0 Å². The van der Waals surface area contributed by atoms with Gasteiger partial charge in [-0.15, -0.1) is 0 Å². The monoisotopic (exact) mass is 337 g/mol. The smallest absolute Gasteiger partial charge is 0.330 e. The highest BCUT2D eigenvalue weighted by atomic mass is 79.9. The van der Waals surface area contributed by atoms with Gasteiger partial charge in [-0.05, 0) is 36.8 Å². The standard InChI is InChI=1S/C15H13BrFNO2/c1-9-2-5-11(6-3-9)18-14(15(19)20)12-7-4-10(17)8-13(12)16/h2-8,14,18H,1H3,(H,19,20). The third-order valence-corrected chi connectivity index (χ3v) is 3.57. The number of benzene rings is 2. The Kier molecular flexibility index (Phi) is 4.39. The molecule has 2 N–H and O–H groups in total. The maximum atomic E-state index is 13.1. The number of hydrogen-bond donors (Lipinski definition) is 2. The molecule has 20 heavy (non-hydrogen) atoms. The molecule has 3 nitrogen and oxygen atoms in total. The quantitative estimate of drug-likeness (QED) is 0.881. The lowest BCUT2D eigenvalue weighted by atomic mass is 10.1. The van der Waals surface area contributed by atoms with Gasteiger partial charge in [-0.25, -0.2) is 9.18 Å². The highest BCUT2D eigenvalue weighted by Gasteiger charge is 2.22. The number of aryl methyl sites for hydroxylation is 1. The van der Waals surface area contributed by atoms with Crippen LogP contribution < -0.4 is 5.32 Å². The lowest BCUT2D eigenvalue weighted by molar-refractivity contribution is -0.138. The van der Waals surface area contributed by atoms with Gasteiger partial charge in [0.15, 0.2) is 6.04 Å². The predicted octanol–water partition coefficient (Wildman–Crippen LogP) is 4.13. The summed E-state index contributed by atoms with van der Waals surface area (Å²) < 4.78 is 13.5. The molecule has 0 aliphatic carbocycles. The predicted molar refractivity (Wildman–Crippen MR) is 79.3 cm³/mol. The van der Waals surface area contributed by atoms with E-state index in [0.717, 1.165) is 5.56 Å². The van der Waals surface area contributed by atoms with Gasteiger partial charge >= 0.3 is 5.97 Å². The molecule has 0 saturated carbocycles. The number of carboxylic acids is 1. The topological polar surface area (TPSA) is 49.3 Å². The number of carboxylic acid groups (broad SMARTS) is 1. The van der Waals surface area contributed by atoms with E-state index in [1.54, 1.807) is 0 Å². The van der Waals surface area contributed by atoms with Gasteiger partial charge in [0.25, 0.3) is 0 Å². The average molecular weight is 338 g/mol. The summed E-state index contributed by atoms with van der Waals surface area (Å²) in [6, 6.07) is 10.4. The van der Waals surface area contributed by atoms with Crippen LogP contribution in [0, 0.1) is 12.7 Å². The zero-order chi connectivity index (χ0) is 14.7. The van der Waals surface area contributed by atoms with Crippen LogP contribution in [0.25, 0.3) is 0 Å². The van der Waals surface area contributed by atoms with Crippen LogP contribution in [0.3, 0.4) is 0 Å². The normalized spacial score (nSPS) is 11.9. The Morgan fingerprint density at radius 3 is 2.45 bits per heavy atom. The van der Waals surface area contributed by atoms with Gasteiger partial charge in [-0.2, -0.15) is 0 Å². The fraction of sp³-hybridized carbons (Fsp3) is 0.133. The first-order valence-corrected chi connectivity index (χ1v) is 6.77. The van der Waals surface area contributed by atoms with E-state index in [-0.39, 0.29) is 0 Å². The molecule has 0 radical (unpaired) electrons. The Morgan fingerprint density at radius 1 is 1.25 bits per heavy atom. The minimum absolute atomic E-state index is 0.417. The molecule has 0 aliphatic heterocycles. The van der Waals surface area contributed by atoms with Gasteiger partial charge in [0.1, 0.15) is 5.82 Å². The Morgan fingerprint density at radius 2 is 1.90 bits per heavy atom. The average Bonchev–Trinajstić information content (AvgIpc) is 2.39. The molecule has 0 bridgehead atoms. The van der Waals surface area contributed by atoms with E-state index >= 15 is 0 Å². The van der Waals surface area contributed by atoms with Crippen LogP contribution in [0.4, 0.5) is 10.1 Å². The molecule has 0 fully saturated rings. The molecule has 1 unspecified atom stereocenters. The highest BCUT2D eigenvalue weighted by molar-refractivity contribution is 9.10. The number of anilines is 1. The first-order valence-electron chi connectivity index (χ1n) is 5.98. The van der Waals surface area contributed by atoms with Gasteiger partial charge < -0.3 is 10.4 Å².